The summed E-state index contributed by atoms with van der Waals surface area (Å²) < 4.78 is 5.14. The van der Waals surface area contributed by atoms with Crippen LogP contribution in [0.25, 0.3) is 0 Å². The quantitative estimate of drug-likeness (QED) is 0.771. The summed E-state index contributed by atoms with van der Waals surface area (Å²) in [4.78, 5) is 12.1. The molecule has 114 valence electrons. The number of rotatable bonds is 2. The van der Waals surface area contributed by atoms with Crippen LogP contribution in [-0.4, -0.2) is 36.5 Å². The van der Waals surface area contributed by atoms with Crippen molar-refractivity contribution in [1.82, 2.24) is 10.6 Å². The van der Waals surface area contributed by atoms with Gasteiger partial charge in [-0.2, -0.15) is 0 Å². The number of urea groups is 1. The van der Waals surface area contributed by atoms with Gasteiger partial charge in [-0.15, -0.1) is 0 Å². The van der Waals surface area contributed by atoms with E-state index < -0.39 is 6.10 Å². The third kappa shape index (κ3) is 3.19. The zero-order chi connectivity index (χ0) is 14.8. The molecule has 5 heteroatoms. The van der Waals surface area contributed by atoms with Crippen molar-refractivity contribution in [3.05, 3.63) is 34.9 Å². The van der Waals surface area contributed by atoms with Gasteiger partial charge in [0, 0.05) is 0 Å². The molecule has 1 heterocycles. The summed E-state index contributed by atoms with van der Waals surface area (Å²) in [5.41, 5.74) is 3.75. The van der Waals surface area contributed by atoms with Crippen LogP contribution in [0.5, 0.6) is 0 Å². The van der Waals surface area contributed by atoms with Crippen LogP contribution in [0.4, 0.5) is 4.79 Å². The van der Waals surface area contributed by atoms with Crippen molar-refractivity contribution in [2.75, 3.05) is 13.2 Å². The number of carbonyl (C=O) groups is 1. The molecule has 0 unspecified atom stereocenters. The highest BCUT2D eigenvalue weighted by molar-refractivity contribution is 5.75. The molecule has 0 bridgehead atoms. The van der Waals surface area contributed by atoms with E-state index in [1.54, 1.807) is 0 Å². The van der Waals surface area contributed by atoms with E-state index in [1.165, 1.54) is 16.7 Å². The molecule has 2 amide bonds. The average molecular weight is 290 g/mol. The monoisotopic (exact) mass is 290 g/mol. The number of hydrogen-bond donors (Lipinski definition) is 3. The first kappa shape index (κ1) is 14.4. The first-order valence-electron chi connectivity index (χ1n) is 7.56. The normalized spacial score (nSPS) is 28.0. The number of amides is 2. The molecule has 1 aliphatic carbocycles. The van der Waals surface area contributed by atoms with E-state index in [1.807, 2.05) is 0 Å². The first-order chi connectivity index (χ1) is 10.1. The summed E-state index contributed by atoms with van der Waals surface area (Å²) in [6.07, 6.45) is 2.49. The predicted molar refractivity (Wildman–Crippen MR) is 79.1 cm³/mol. The maximum absolute atomic E-state index is 12.1. The Balaban J connectivity index is 1.66. The van der Waals surface area contributed by atoms with Crippen LogP contribution in [0, 0.1) is 6.92 Å². The van der Waals surface area contributed by atoms with E-state index in [2.05, 4.69) is 35.8 Å². The number of aliphatic hydroxyl groups excluding tert-OH is 1. The molecule has 2 aliphatic rings. The van der Waals surface area contributed by atoms with E-state index in [4.69, 9.17) is 4.74 Å². The van der Waals surface area contributed by atoms with Crippen LogP contribution in [0.2, 0.25) is 0 Å². The van der Waals surface area contributed by atoms with Gasteiger partial charge < -0.3 is 20.5 Å². The Labute approximate surface area is 124 Å². The van der Waals surface area contributed by atoms with Gasteiger partial charge in [0.2, 0.25) is 0 Å². The Morgan fingerprint density at radius 3 is 2.95 bits per heavy atom. The minimum atomic E-state index is -0.614. The molecule has 1 saturated heterocycles. The van der Waals surface area contributed by atoms with E-state index >= 15 is 0 Å². The number of aryl methyl sites for hydroxylation is 2. The Bertz CT molecular complexity index is 532. The summed E-state index contributed by atoms with van der Waals surface area (Å²) in [6.45, 7) is 2.73. The van der Waals surface area contributed by atoms with Crippen LogP contribution in [-0.2, 0) is 11.2 Å². The highest BCUT2D eigenvalue weighted by Crippen LogP contribution is 2.30. The minimum absolute atomic E-state index is 0.0492. The Morgan fingerprint density at radius 2 is 2.19 bits per heavy atom. The topological polar surface area (TPSA) is 70.6 Å². The zero-order valence-electron chi connectivity index (χ0n) is 12.3. The van der Waals surface area contributed by atoms with Crippen molar-refractivity contribution in [3.63, 3.8) is 0 Å². The standard InChI is InChI=1S/C16H22N2O3/c1-10-5-6-11-3-2-4-13(12(11)7-10)17-16(20)18-14-8-21-9-15(14)19/h5-7,13-15,19H,2-4,8-9H2,1H3,(H2,17,18,20)/t13-,14+,15+/m0/s1. The highest BCUT2D eigenvalue weighted by Gasteiger charge is 2.29. The molecule has 1 fully saturated rings. The van der Waals surface area contributed by atoms with Crippen LogP contribution in [0.3, 0.4) is 0 Å². The highest BCUT2D eigenvalue weighted by atomic mass is 16.5. The third-order valence-corrected chi connectivity index (χ3v) is 4.29. The lowest BCUT2D eigenvalue weighted by molar-refractivity contribution is 0.122. The van der Waals surface area contributed by atoms with Crippen molar-refractivity contribution >= 4 is 6.03 Å². The summed E-state index contributed by atoms with van der Waals surface area (Å²) in [5.74, 6) is 0. The molecule has 0 spiro atoms. The van der Waals surface area contributed by atoms with Gasteiger partial charge in [0.15, 0.2) is 0 Å². The van der Waals surface area contributed by atoms with E-state index in [-0.39, 0.29) is 24.7 Å². The molecule has 1 aromatic carbocycles. The second-order valence-corrected chi connectivity index (χ2v) is 5.98. The summed E-state index contributed by atoms with van der Waals surface area (Å²) in [5, 5.41) is 15.5. The molecule has 1 aromatic rings. The van der Waals surface area contributed by atoms with Gasteiger partial charge in [0.25, 0.3) is 0 Å². The number of nitrogens with one attached hydrogen (secondary N) is 2. The molecule has 1 aliphatic heterocycles. The van der Waals surface area contributed by atoms with E-state index in [9.17, 15) is 9.90 Å². The molecule has 0 aromatic heterocycles. The second-order valence-electron chi connectivity index (χ2n) is 5.98. The van der Waals surface area contributed by atoms with Crippen molar-refractivity contribution < 1.29 is 14.6 Å². The van der Waals surface area contributed by atoms with Crippen LogP contribution in [0.15, 0.2) is 18.2 Å². The smallest absolute Gasteiger partial charge is 0.315 e. The molecule has 0 radical (unpaired) electrons. The van der Waals surface area contributed by atoms with Crippen LogP contribution < -0.4 is 10.6 Å². The third-order valence-electron chi connectivity index (χ3n) is 4.29. The molecule has 0 saturated carbocycles. The van der Waals surface area contributed by atoms with Crippen LogP contribution in [0.1, 0.15) is 35.6 Å². The molecular formula is C16H22N2O3. The zero-order valence-corrected chi connectivity index (χ0v) is 12.3. The fourth-order valence-electron chi connectivity index (χ4n) is 3.12. The summed E-state index contributed by atoms with van der Waals surface area (Å²) in [6, 6.07) is 5.94. The largest absolute Gasteiger partial charge is 0.388 e. The van der Waals surface area contributed by atoms with Crippen molar-refractivity contribution in [2.45, 2.75) is 44.4 Å². The van der Waals surface area contributed by atoms with Crippen molar-refractivity contribution in [2.24, 2.45) is 0 Å². The SMILES string of the molecule is Cc1ccc2c(c1)[C@@H](NC(=O)N[C@@H]1COC[C@H]1O)CCC2. The van der Waals surface area contributed by atoms with Gasteiger partial charge in [-0.05, 0) is 37.3 Å². The summed E-state index contributed by atoms with van der Waals surface area (Å²) in [7, 11) is 0. The Hall–Kier alpha value is -1.59. The molecular weight excluding hydrogens is 268 g/mol. The number of ether oxygens (including phenoxy) is 1. The van der Waals surface area contributed by atoms with Gasteiger partial charge >= 0.3 is 6.03 Å². The fraction of sp³-hybridized carbons (Fsp3) is 0.562. The Kier molecular flexibility index (Phi) is 4.12. The van der Waals surface area contributed by atoms with E-state index in [0.29, 0.717) is 6.61 Å². The van der Waals surface area contributed by atoms with Gasteiger partial charge in [-0.25, -0.2) is 4.79 Å². The number of hydrogen-bond acceptors (Lipinski definition) is 3. The lowest BCUT2D eigenvalue weighted by Crippen LogP contribution is -2.48. The number of carbonyl (C=O) groups excluding carboxylic acids is 1. The predicted octanol–water partition coefficient (Wildman–Crippen LogP) is 1.43. The molecule has 21 heavy (non-hydrogen) atoms. The number of benzene rings is 1. The van der Waals surface area contributed by atoms with Crippen molar-refractivity contribution in [3.8, 4) is 0 Å². The average Bonchev–Trinajstić information content (AvgIpc) is 2.85. The molecule has 3 N–H and O–H groups in total. The first-order valence-corrected chi connectivity index (χ1v) is 7.56. The number of fused-ring (bicyclic) bond motifs is 1. The van der Waals surface area contributed by atoms with E-state index in [0.717, 1.165) is 19.3 Å². The lowest BCUT2D eigenvalue weighted by Gasteiger charge is -2.27. The van der Waals surface area contributed by atoms with Gasteiger partial charge in [-0.3, -0.25) is 0 Å². The molecule has 3 atom stereocenters. The maximum atomic E-state index is 12.1. The van der Waals surface area contributed by atoms with Crippen molar-refractivity contribution in [1.29, 1.82) is 0 Å². The second kappa shape index (κ2) is 6.03. The molecule has 5 nitrogen and oxygen atoms in total. The number of aliphatic hydroxyl groups is 1. The van der Waals surface area contributed by atoms with Gasteiger partial charge in [0.1, 0.15) is 0 Å². The van der Waals surface area contributed by atoms with Gasteiger partial charge in [0.05, 0.1) is 31.4 Å². The lowest BCUT2D eigenvalue weighted by atomic mass is 9.87. The molecule has 3 rings (SSSR count). The van der Waals surface area contributed by atoms with Gasteiger partial charge in [-0.1, -0.05) is 23.8 Å². The minimum Gasteiger partial charge on any atom is -0.388 e. The Morgan fingerprint density at radius 1 is 1.33 bits per heavy atom. The summed E-state index contributed by atoms with van der Waals surface area (Å²) >= 11 is 0. The van der Waals surface area contributed by atoms with Crippen LogP contribution >= 0.6 is 0 Å². The fourth-order valence-corrected chi connectivity index (χ4v) is 3.12. The maximum Gasteiger partial charge on any atom is 0.315 e.